The van der Waals surface area contributed by atoms with Crippen LogP contribution in [0.3, 0.4) is 0 Å². The fourth-order valence-corrected chi connectivity index (χ4v) is 4.05. The Morgan fingerprint density at radius 1 is 0.730 bits per heavy atom. The lowest BCUT2D eigenvalue weighted by Gasteiger charge is -2.37. The molecule has 0 aromatic rings. The number of esters is 6. The summed E-state index contributed by atoms with van der Waals surface area (Å²) in [5.74, 6) is -5.74. The fraction of sp³-hybridized carbons (Fsp3) is 0.714. The number of nitro groups is 1. The number of nitrogens with zero attached hydrogens (tertiary/aromatic N) is 1. The van der Waals surface area contributed by atoms with E-state index in [0.717, 1.165) is 34.6 Å². The van der Waals surface area contributed by atoms with Gasteiger partial charge in [-0.1, -0.05) is 0 Å². The molecular formula is C21H31NO14S. The smallest absolute Gasteiger partial charge is 0.315 e. The average molecular weight is 554 g/mol. The molecule has 0 amide bonds. The van der Waals surface area contributed by atoms with Gasteiger partial charge < -0.3 is 28.4 Å². The highest BCUT2D eigenvalue weighted by Crippen LogP contribution is 2.28. The Kier molecular flexibility index (Phi) is 15.5. The number of thioether (sulfide) groups is 1. The first-order valence-electron chi connectivity index (χ1n) is 10.9. The van der Waals surface area contributed by atoms with Crippen LogP contribution < -0.4 is 0 Å². The van der Waals surface area contributed by atoms with Crippen molar-refractivity contribution in [1.82, 2.24) is 0 Å². The van der Waals surface area contributed by atoms with Crippen molar-refractivity contribution in [3.8, 4) is 0 Å². The number of rotatable bonds is 16. The summed E-state index contributed by atoms with van der Waals surface area (Å²) in [4.78, 5) is 81.7. The molecule has 0 aromatic heterocycles. The second-order valence-corrected chi connectivity index (χ2v) is 8.57. The molecule has 0 spiro atoms. The highest BCUT2D eigenvalue weighted by molar-refractivity contribution is 8.00. The predicted molar refractivity (Wildman–Crippen MR) is 124 cm³/mol. The third-order valence-corrected chi connectivity index (χ3v) is 5.35. The summed E-state index contributed by atoms with van der Waals surface area (Å²) >= 11 is 0.665. The van der Waals surface area contributed by atoms with Gasteiger partial charge >= 0.3 is 35.8 Å². The van der Waals surface area contributed by atoms with E-state index < -0.39 is 89.3 Å². The fourth-order valence-electron chi connectivity index (χ4n) is 2.99. The number of carbonyl (C=O) groups excluding carboxylic acids is 6. The lowest BCUT2D eigenvalue weighted by atomic mass is 9.99. The van der Waals surface area contributed by atoms with Crippen LogP contribution in [0.2, 0.25) is 0 Å². The van der Waals surface area contributed by atoms with Crippen LogP contribution >= 0.6 is 11.8 Å². The van der Waals surface area contributed by atoms with Crippen molar-refractivity contribution in [2.45, 2.75) is 71.2 Å². The van der Waals surface area contributed by atoms with Gasteiger partial charge in [0, 0.05) is 39.5 Å². The Balaban J connectivity index is 6.74. The maximum Gasteiger partial charge on any atom is 0.315 e. The molecule has 0 N–H and O–H groups in total. The Bertz CT molecular complexity index is 847. The predicted octanol–water partition coefficient (Wildman–Crippen LogP) is 0.218. The van der Waals surface area contributed by atoms with E-state index >= 15 is 0 Å². The largest absolute Gasteiger partial charge is 0.465 e. The number of hydrogen-bond acceptors (Lipinski definition) is 15. The van der Waals surface area contributed by atoms with E-state index in [-0.39, 0.29) is 6.61 Å². The van der Waals surface area contributed by atoms with Crippen molar-refractivity contribution >= 4 is 47.6 Å². The average Bonchev–Trinajstić information content (AvgIpc) is 2.74. The van der Waals surface area contributed by atoms with Crippen LogP contribution in [-0.2, 0) is 57.2 Å². The van der Waals surface area contributed by atoms with Gasteiger partial charge in [-0.15, -0.1) is 11.8 Å². The van der Waals surface area contributed by atoms with Crippen LogP contribution in [0.15, 0.2) is 0 Å². The van der Waals surface area contributed by atoms with Gasteiger partial charge in [0.15, 0.2) is 24.4 Å². The summed E-state index contributed by atoms with van der Waals surface area (Å²) < 4.78 is 30.6. The van der Waals surface area contributed by atoms with Crippen molar-refractivity contribution in [2.75, 3.05) is 25.5 Å². The topological polar surface area (TPSA) is 201 Å². The minimum atomic E-state index is -1.80. The lowest BCUT2D eigenvalue weighted by Crippen LogP contribution is -2.56. The van der Waals surface area contributed by atoms with Gasteiger partial charge in [0.05, 0.1) is 12.4 Å². The second-order valence-electron chi connectivity index (χ2n) is 7.34. The minimum absolute atomic E-state index is 0.0392. The summed E-state index contributed by atoms with van der Waals surface area (Å²) in [5, 5.41) is 10.1. The monoisotopic (exact) mass is 553 g/mol. The first-order chi connectivity index (χ1) is 17.2. The second kappa shape index (κ2) is 17.1. The first kappa shape index (κ1) is 33.6. The van der Waals surface area contributed by atoms with E-state index in [1.807, 2.05) is 0 Å². The van der Waals surface area contributed by atoms with Crippen molar-refractivity contribution in [2.24, 2.45) is 0 Å². The van der Waals surface area contributed by atoms with Gasteiger partial charge in [0.2, 0.25) is 6.54 Å². The molecule has 37 heavy (non-hydrogen) atoms. The summed E-state index contributed by atoms with van der Waals surface area (Å²) in [5.41, 5.74) is 0. The van der Waals surface area contributed by atoms with E-state index in [0.29, 0.717) is 11.8 Å². The molecule has 0 unspecified atom stereocenters. The first-order valence-corrected chi connectivity index (χ1v) is 11.9. The third kappa shape index (κ3) is 14.7. The zero-order valence-corrected chi connectivity index (χ0v) is 22.1. The van der Waals surface area contributed by atoms with Crippen molar-refractivity contribution < 1.29 is 62.1 Å². The normalized spacial score (nSPS) is 14.5. The van der Waals surface area contributed by atoms with Gasteiger partial charge in [0.1, 0.15) is 11.9 Å². The number of ether oxygens (including phenoxy) is 6. The molecule has 16 heteroatoms. The Morgan fingerprint density at radius 3 is 1.65 bits per heavy atom. The maximum atomic E-state index is 12.0. The van der Waals surface area contributed by atoms with Crippen LogP contribution in [0.5, 0.6) is 0 Å². The molecule has 0 saturated carbocycles. The summed E-state index contributed by atoms with van der Waals surface area (Å²) in [6.45, 7) is 4.98. The van der Waals surface area contributed by atoms with Gasteiger partial charge in [-0.2, -0.15) is 0 Å². The summed E-state index contributed by atoms with van der Waals surface area (Å²) in [7, 11) is 0. The highest BCUT2D eigenvalue weighted by atomic mass is 32.2. The lowest BCUT2D eigenvalue weighted by molar-refractivity contribution is -0.481. The molecule has 0 bridgehead atoms. The number of carbonyl (C=O) groups is 6. The molecule has 15 nitrogen and oxygen atoms in total. The van der Waals surface area contributed by atoms with Crippen LogP contribution in [0.1, 0.15) is 41.5 Å². The molecule has 0 radical (unpaired) electrons. The molecule has 0 saturated heterocycles. The zero-order chi connectivity index (χ0) is 28.7. The summed E-state index contributed by atoms with van der Waals surface area (Å²) in [6, 6.07) is 0. The quantitative estimate of drug-likeness (QED) is 0.109. The van der Waals surface area contributed by atoms with Crippen LogP contribution in [0, 0.1) is 10.1 Å². The van der Waals surface area contributed by atoms with Crippen molar-refractivity contribution in [3.05, 3.63) is 10.1 Å². The molecule has 0 aliphatic carbocycles. The van der Waals surface area contributed by atoms with Crippen molar-refractivity contribution in [3.63, 3.8) is 0 Å². The molecular weight excluding hydrogens is 522 g/mol. The number of hydrogen-bond donors (Lipinski definition) is 0. The van der Waals surface area contributed by atoms with Gasteiger partial charge in [0.25, 0.3) is 0 Å². The van der Waals surface area contributed by atoms with Crippen LogP contribution in [0.4, 0.5) is 0 Å². The molecule has 0 rings (SSSR count). The minimum Gasteiger partial charge on any atom is -0.465 e. The van der Waals surface area contributed by atoms with E-state index in [2.05, 4.69) is 0 Å². The van der Waals surface area contributed by atoms with E-state index in [1.54, 1.807) is 6.92 Å². The Morgan fingerprint density at radius 2 is 1.22 bits per heavy atom. The third-order valence-electron chi connectivity index (χ3n) is 4.10. The SMILES string of the molecule is CCOC(=O)CS[C@@H](C[N+](=O)[O-])[C@@H](OC(C)=O)[C@@H](OC(C)=O)[C@H](OC(C)=O)[C@@H](COC(C)=O)OC(C)=O. The molecule has 5 atom stereocenters. The summed E-state index contributed by atoms with van der Waals surface area (Å²) in [6.07, 6.45) is -6.85. The molecule has 0 aromatic carbocycles. The molecule has 210 valence electrons. The zero-order valence-electron chi connectivity index (χ0n) is 21.3. The molecule has 0 heterocycles. The molecule has 0 aliphatic rings. The Labute approximate surface area is 216 Å². The highest BCUT2D eigenvalue weighted by Gasteiger charge is 2.48. The van der Waals surface area contributed by atoms with Gasteiger partial charge in [-0.25, -0.2) is 0 Å². The molecule has 0 fully saturated rings. The molecule has 0 aliphatic heterocycles. The van der Waals surface area contributed by atoms with E-state index in [1.165, 1.54) is 0 Å². The maximum absolute atomic E-state index is 12.0. The van der Waals surface area contributed by atoms with Gasteiger partial charge in [-0.3, -0.25) is 38.9 Å². The van der Waals surface area contributed by atoms with Crippen molar-refractivity contribution in [1.29, 1.82) is 0 Å². The van der Waals surface area contributed by atoms with Crippen LogP contribution in [-0.4, -0.2) is 95.9 Å². The van der Waals surface area contributed by atoms with E-state index in [4.69, 9.17) is 28.4 Å². The Hall–Kier alpha value is -3.43. The van der Waals surface area contributed by atoms with Crippen LogP contribution in [0.25, 0.3) is 0 Å². The standard InChI is InChI=1S/C21H31NO14S/c1-7-31-18(28)10-37-17(8-22(29)30)20(35-14(5)26)21(36-15(6)27)19(34-13(4)25)16(33-12(3)24)9-32-11(2)23/h16-17,19-21H,7-10H2,1-6H3/t16-,17+,19-,20-,21+/m1/s1. The van der Waals surface area contributed by atoms with E-state index in [9.17, 15) is 38.9 Å². The van der Waals surface area contributed by atoms with Gasteiger partial charge in [-0.05, 0) is 6.92 Å².